The summed E-state index contributed by atoms with van der Waals surface area (Å²) in [5.41, 5.74) is 0. The molecule has 30 heavy (non-hydrogen) atoms. The first-order chi connectivity index (χ1) is 14.5. The van der Waals surface area contributed by atoms with E-state index < -0.39 is 0 Å². The zero-order valence-corrected chi connectivity index (χ0v) is 19.1. The van der Waals surface area contributed by atoms with Gasteiger partial charge in [-0.2, -0.15) is 0 Å². The van der Waals surface area contributed by atoms with Crippen LogP contribution in [0.5, 0.6) is 0 Å². The lowest BCUT2D eigenvalue weighted by Crippen LogP contribution is -2.51. The minimum absolute atomic E-state index is 0.100. The summed E-state index contributed by atoms with van der Waals surface area (Å²) in [6.45, 7) is 6.03. The largest absolute Gasteiger partial charge is 0.447 e. The second-order valence-corrected chi connectivity index (χ2v) is 9.93. The van der Waals surface area contributed by atoms with E-state index in [1.54, 1.807) is 11.3 Å². The Morgan fingerprint density at radius 1 is 1.33 bits per heavy atom. The second kappa shape index (κ2) is 8.97. The highest BCUT2D eigenvalue weighted by Gasteiger charge is 2.41. The third-order valence-corrected chi connectivity index (χ3v) is 7.70. The Bertz CT molecular complexity index is 890. The Balaban J connectivity index is 1.30. The van der Waals surface area contributed by atoms with E-state index in [9.17, 15) is 9.59 Å². The number of hydrogen-bond donors (Lipinski definition) is 0. The van der Waals surface area contributed by atoms with Crippen LogP contribution in [0, 0.1) is 5.92 Å². The van der Waals surface area contributed by atoms with Gasteiger partial charge in [-0.3, -0.25) is 9.69 Å². The van der Waals surface area contributed by atoms with Crippen LogP contribution in [0.4, 0.5) is 4.79 Å². The number of nitrogens with zero attached hydrogens (tertiary/aromatic N) is 5. The van der Waals surface area contributed by atoms with Crippen LogP contribution in [0.1, 0.15) is 26.7 Å². The molecule has 2 aromatic rings. The highest BCUT2D eigenvalue weighted by atomic mass is 32.2. The molecule has 2 saturated heterocycles. The summed E-state index contributed by atoms with van der Waals surface area (Å²) >= 11 is 3.03. The van der Waals surface area contributed by atoms with Gasteiger partial charge in [-0.1, -0.05) is 31.7 Å². The van der Waals surface area contributed by atoms with Gasteiger partial charge in [0.2, 0.25) is 5.91 Å². The Hall–Kier alpha value is -2.07. The van der Waals surface area contributed by atoms with E-state index in [-0.39, 0.29) is 24.1 Å². The summed E-state index contributed by atoms with van der Waals surface area (Å²) in [5.74, 6) is 1.61. The number of rotatable bonds is 6. The third-order valence-electron chi connectivity index (χ3n) is 5.83. The minimum Gasteiger partial charge on any atom is -0.447 e. The van der Waals surface area contributed by atoms with Crippen molar-refractivity contribution in [2.24, 2.45) is 13.0 Å². The van der Waals surface area contributed by atoms with E-state index in [4.69, 9.17) is 4.74 Å². The van der Waals surface area contributed by atoms with Gasteiger partial charge in [0, 0.05) is 26.2 Å². The zero-order chi connectivity index (χ0) is 21.3. The molecule has 0 bridgehead atoms. The maximum Gasteiger partial charge on any atom is 0.410 e. The molecule has 0 saturated carbocycles. The molecule has 0 spiro atoms. The number of cyclic esters (lactones) is 1. The van der Waals surface area contributed by atoms with Crippen LogP contribution in [-0.4, -0.2) is 74.1 Å². The summed E-state index contributed by atoms with van der Waals surface area (Å²) in [6, 6.07) is 4.28. The summed E-state index contributed by atoms with van der Waals surface area (Å²) in [6.07, 6.45) is 1.38. The molecule has 1 unspecified atom stereocenters. The number of aromatic nitrogens is 3. The Kier molecular flexibility index (Phi) is 6.33. The summed E-state index contributed by atoms with van der Waals surface area (Å²) in [5, 5.41) is 11.2. The maximum atomic E-state index is 12.7. The number of thiophene rings is 1. The van der Waals surface area contributed by atoms with Gasteiger partial charge in [0.25, 0.3) is 0 Å². The molecule has 4 heterocycles. The number of carbonyl (C=O) groups is 2. The molecule has 2 aliphatic heterocycles. The first kappa shape index (κ1) is 21.2. The van der Waals surface area contributed by atoms with Gasteiger partial charge in [0.05, 0.1) is 16.7 Å². The number of hydrogen-bond acceptors (Lipinski definition) is 7. The predicted molar refractivity (Wildman–Crippen MR) is 116 cm³/mol. The Morgan fingerprint density at radius 2 is 2.10 bits per heavy atom. The van der Waals surface area contributed by atoms with Crippen molar-refractivity contribution in [3.05, 3.63) is 17.5 Å². The molecule has 2 aromatic heterocycles. The number of likely N-dealkylation sites (tertiary alicyclic amines) is 1. The van der Waals surface area contributed by atoms with E-state index in [2.05, 4.69) is 24.0 Å². The van der Waals surface area contributed by atoms with Crippen LogP contribution in [0.2, 0.25) is 0 Å². The Morgan fingerprint density at radius 3 is 2.77 bits per heavy atom. The highest BCUT2D eigenvalue weighted by Crippen LogP contribution is 2.29. The zero-order valence-electron chi connectivity index (χ0n) is 17.5. The lowest BCUT2D eigenvalue weighted by molar-refractivity contribution is -0.129. The molecular weight excluding hydrogens is 422 g/mol. The molecule has 10 heteroatoms. The average molecular weight is 450 g/mol. The van der Waals surface area contributed by atoms with Crippen LogP contribution in [0.3, 0.4) is 0 Å². The highest BCUT2D eigenvalue weighted by molar-refractivity contribution is 7.99. The molecule has 0 radical (unpaired) electrons. The monoisotopic (exact) mass is 449 g/mol. The fourth-order valence-electron chi connectivity index (χ4n) is 4.05. The van der Waals surface area contributed by atoms with Crippen LogP contribution in [0.25, 0.3) is 10.7 Å². The van der Waals surface area contributed by atoms with E-state index >= 15 is 0 Å². The fourth-order valence-corrected chi connectivity index (χ4v) is 5.61. The lowest BCUT2D eigenvalue weighted by atomic mass is 9.98. The van der Waals surface area contributed by atoms with E-state index in [0.717, 1.165) is 28.7 Å². The molecule has 4 rings (SSSR count). The van der Waals surface area contributed by atoms with Crippen molar-refractivity contribution in [1.82, 2.24) is 24.6 Å². The van der Waals surface area contributed by atoms with Gasteiger partial charge in [-0.05, 0) is 30.2 Å². The molecule has 8 nitrogen and oxygen atoms in total. The Labute approximate surface area is 184 Å². The molecule has 2 fully saturated rings. The van der Waals surface area contributed by atoms with E-state index in [0.29, 0.717) is 31.4 Å². The van der Waals surface area contributed by atoms with Gasteiger partial charge < -0.3 is 14.2 Å². The number of piperidine rings is 1. The van der Waals surface area contributed by atoms with Crippen molar-refractivity contribution in [3.63, 3.8) is 0 Å². The predicted octanol–water partition coefficient (Wildman–Crippen LogP) is 3.10. The van der Waals surface area contributed by atoms with Gasteiger partial charge in [-0.25, -0.2) is 4.79 Å². The molecular formula is C20H27N5O3S2. The molecule has 1 atom stereocenters. The van der Waals surface area contributed by atoms with Crippen molar-refractivity contribution in [1.29, 1.82) is 0 Å². The fraction of sp³-hybridized carbons (Fsp3) is 0.600. The SMILES string of the molecule is CC(C)C1COC(=O)N1C1CCN(C(=O)CSc2nnc(-c3cccs3)n2C)CC1. The number of ether oxygens (including phenoxy) is 1. The molecule has 162 valence electrons. The van der Waals surface area contributed by atoms with Gasteiger partial charge in [0.15, 0.2) is 11.0 Å². The number of carbonyl (C=O) groups excluding carboxylic acids is 2. The van der Waals surface area contributed by atoms with Crippen molar-refractivity contribution in [2.45, 2.75) is 43.9 Å². The van der Waals surface area contributed by atoms with Crippen molar-refractivity contribution in [3.8, 4) is 10.7 Å². The average Bonchev–Trinajstić information content (AvgIpc) is 3.46. The van der Waals surface area contributed by atoms with Gasteiger partial charge in [-0.15, -0.1) is 21.5 Å². The third kappa shape index (κ3) is 4.20. The van der Waals surface area contributed by atoms with Crippen LogP contribution < -0.4 is 0 Å². The smallest absolute Gasteiger partial charge is 0.410 e. The molecule has 0 N–H and O–H groups in total. The summed E-state index contributed by atoms with van der Waals surface area (Å²) in [7, 11) is 1.92. The van der Waals surface area contributed by atoms with E-state index in [1.165, 1.54) is 11.8 Å². The topological polar surface area (TPSA) is 80.6 Å². The van der Waals surface area contributed by atoms with Gasteiger partial charge >= 0.3 is 6.09 Å². The van der Waals surface area contributed by atoms with Crippen LogP contribution in [-0.2, 0) is 16.6 Å². The van der Waals surface area contributed by atoms with Crippen LogP contribution in [0.15, 0.2) is 22.7 Å². The van der Waals surface area contributed by atoms with Gasteiger partial charge in [0.1, 0.15) is 6.61 Å². The summed E-state index contributed by atoms with van der Waals surface area (Å²) in [4.78, 5) is 29.8. The maximum absolute atomic E-state index is 12.7. The van der Waals surface area contributed by atoms with Crippen LogP contribution >= 0.6 is 23.1 Å². The number of amides is 2. The molecule has 2 aliphatic rings. The van der Waals surface area contributed by atoms with E-state index in [1.807, 2.05) is 38.9 Å². The lowest BCUT2D eigenvalue weighted by Gasteiger charge is -2.38. The normalized spacial score (nSPS) is 20.3. The van der Waals surface area contributed by atoms with Crippen molar-refractivity contribution in [2.75, 3.05) is 25.4 Å². The van der Waals surface area contributed by atoms with Crippen molar-refractivity contribution >= 4 is 35.1 Å². The standard InChI is InChI=1S/C20H27N5O3S2/c1-13(2)15-11-28-20(27)25(15)14-6-8-24(9-7-14)17(26)12-30-19-22-21-18(23(19)3)16-5-4-10-29-16/h4-5,10,13-15H,6-9,11-12H2,1-3H3. The molecule has 0 aliphatic carbocycles. The second-order valence-electron chi connectivity index (χ2n) is 8.04. The quantitative estimate of drug-likeness (QED) is 0.631. The molecule has 2 amide bonds. The minimum atomic E-state index is -0.210. The first-order valence-corrected chi connectivity index (χ1v) is 12.1. The summed E-state index contributed by atoms with van der Waals surface area (Å²) < 4.78 is 7.21. The number of thioether (sulfide) groups is 1. The first-order valence-electron chi connectivity index (χ1n) is 10.2. The van der Waals surface area contributed by atoms with Crippen molar-refractivity contribution < 1.29 is 14.3 Å². The molecule has 0 aromatic carbocycles.